The van der Waals surface area contributed by atoms with E-state index in [1.54, 1.807) is 7.11 Å². The second kappa shape index (κ2) is 7.31. The van der Waals surface area contributed by atoms with Gasteiger partial charge in [0.15, 0.2) is 0 Å². The number of aryl methyl sites for hydroxylation is 1. The van der Waals surface area contributed by atoms with Crippen molar-refractivity contribution in [2.75, 3.05) is 27.3 Å². The lowest BCUT2D eigenvalue weighted by molar-refractivity contribution is 0.0404. The number of benzene rings is 1. The van der Waals surface area contributed by atoms with E-state index in [-0.39, 0.29) is 0 Å². The van der Waals surface area contributed by atoms with E-state index < -0.39 is 6.10 Å². The van der Waals surface area contributed by atoms with Crippen LogP contribution in [0.3, 0.4) is 0 Å². The van der Waals surface area contributed by atoms with Crippen LogP contribution < -0.4 is 0 Å². The topological polar surface area (TPSA) is 71.6 Å². The van der Waals surface area contributed by atoms with Crippen molar-refractivity contribution in [3.63, 3.8) is 0 Å². The van der Waals surface area contributed by atoms with Gasteiger partial charge in [-0.1, -0.05) is 17.7 Å². The fourth-order valence-corrected chi connectivity index (χ4v) is 2.03. The smallest absolute Gasteiger partial charge is 0.247 e. The van der Waals surface area contributed by atoms with Crippen LogP contribution in [0.25, 0.3) is 11.5 Å². The van der Waals surface area contributed by atoms with E-state index in [1.807, 2.05) is 43.1 Å². The van der Waals surface area contributed by atoms with E-state index >= 15 is 0 Å². The molecule has 0 radical (unpaired) electrons. The first kappa shape index (κ1) is 15.6. The Balaban J connectivity index is 1.95. The molecule has 2 aromatic rings. The van der Waals surface area contributed by atoms with Gasteiger partial charge in [0.25, 0.3) is 0 Å². The van der Waals surface area contributed by atoms with Gasteiger partial charge < -0.3 is 14.3 Å². The summed E-state index contributed by atoms with van der Waals surface area (Å²) in [6.45, 7) is 3.31. The van der Waals surface area contributed by atoms with Crippen LogP contribution in [0.4, 0.5) is 0 Å². The molecule has 2 rings (SSSR count). The highest BCUT2D eigenvalue weighted by molar-refractivity contribution is 5.52. The zero-order valence-electron chi connectivity index (χ0n) is 12.6. The van der Waals surface area contributed by atoms with Gasteiger partial charge in [0.2, 0.25) is 11.8 Å². The molecule has 0 spiro atoms. The van der Waals surface area contributed by atoms with Gasteiger partial charge in [-0.05, 0) is 26.1 Å². The summed E-state index contributed by atoms with van der Waals surface area (Å²) < 4.78 is 10.5. The first-order valence-electron chi connectivity index (χ1n) is 6.83. The summed E-state index contributed by atoms with van der Waals surface area (Å²) in [5.41, 5.74) is 2.09. The Kier molecular flexibility index (Phi) is 5.44. The average Bonchev–Trinajstić information content (AvgIpc) is 2.88. The molecule has 0 aliphatic heterocycles. The maximum absolute atomic E-state index is 9.67. The Morgan fingerprint density at radius 2 is 2.00 bits per heavy atom. The summed E-state index contributed by atoms with van der Waals surface area (Å²) in [6, 6.07) is 7.93. The number of nitrogens with zero attached hydrogens (tertiary/aromatic N) is 3. The minimum atomic E-state index is -0.528. The lowest BCUT2D eigenvalue weighted by Gasteiger charge is -2.18. The van der Waals surface area contributed by atoms with E-state index in [0.29, 0.717) is 31.5 Å². The molecule has 114 valence electrons. The highest BCUT2D eigenvalue weighted by Crippen LogP contribution is 2.18. The Hall–Kier alpha value is -1.76. The largest absolute Gasteiger partial charge is 0.419 e. The summed E-state index contributed by atoms with van der Waals surface area (Å²) in [4.78, 5) is 1.91. The number of aliphatic hydroxyl groups is 1. The van der Waals surface area contributed by atoms with Crippen LogP contribution in [0.1, 0.15) is 11.5 Å². The van der Waals surface area contributed by atoms with E-state index in [2.05, 4.69) is 10.2 Å². The maximum Gasteiger partial charge on any atom is 0.247 e. The lowest BCUT2D eigenvalue weighted by atomic mass is 10.1. The Morgan fingerprint density at radius 3 is 2.67 bits per heavy atom. The molecule has 21 heavy (non-hydrogen) atoms. The van der Waals surface area contributed by atoms with Crippen molar-refractivity contribution in [2.24, 2.45) is 0 Å². The number of aromatic nitrogens is 2. The van der Waals surface area contributed by atoms with Crippen LogP contribution in [0.5, 0.6) is 0 Å². The SMILES string of the molecule is COCC(O)CN(C)Cc1nnc(-c2ccc(C)cc2)o1. The molecule has 1 unspecified atom stereocenters. The number of hydrogen-bond donors (Lipinski definition) is 1. The van der Waals surface area contributed by atoms with Gasteiger partial charge in [0.1, 0.15) is 0 Å². The number of likely N-dealkylation sites (N-methyl/N-ethyl adjacent to an activating group) is 1. The van der Waals surface area contributed by atoms with Crippen molar-refractivity contribution < 1.29 is 14.3 Å². The fraction of sp³-hybridized carbons (Fsp3) is 0.467. The van der Waals surface area contributed by atoms with Crippen LogP contribution in [0.15, 0.2) is 28.7 Å². The standard InChI is InChI=1S/C15H21N3O3/c1-11-4-6-12(7-5-11)15-17-16-14(21-15)9-18(2)8-13(19)10-20-3/h4-7,13,19H,8-10H2,1-3H3. The van der Waals surface area contributed by atoms with Crippen molar-refractivity contribution in [3.05, 3.63) is 35.7 Å². The van der Waals surface area contributed by atoms with Crippen LogP contribution in [-0.2, 0) is 11.3 Å². The molecule has 1 N–H and O–H groups in total. The summed E-state index contributed by atoms with van der Waals surface area (Å²) in [5, 5.41) is 17.8. The van der Waals surface area contributed by atoms with Gasteiger partial charge >= 0.3 is 0 Å². The fourth-order valence-electron chi connectivity index (χ4n) is 2.03. The average molecular weight is 291 g/mol. The molecular weight excluding hydrogens is 270 g/mol. The maximum atomic E-state index is 9.67. The Bertz CT molecular complexity index is 554. The molecule has 1 aromatic carbocycles. The molecule has 1 aromatic heterocycles. The van der Waals surface area contributed by atoms with Crippen LogP contribution >= 0.6 is 0 Å². The van der Waals surface area contributed by atoms with Crippen LogP contribution in [-0.4, -0.2) is 53.6 Å². The van der Waals surface area contributed by atoms with Crippen LogP contribution in [0, 0.1) is 6.92 Å². The van der Waals surface area contributed by atoms with Crippen molar-refractivity contribution in [1.29, 1.82) is 0 Å². The molecule has 1 atom stereocenters. The van der Waals surface area contributed by atoms with Crippen molar-refractivity contribution in [3.8, 4) is 11.5 Å². The second-order valence-electron chi connectivity index (χ2n) is 5.17. The molecule has 0 saturated heterocycles. The van der Waals surface area contributed by atoms with Crippen LogP contribution in [0.2, 0.25) is 0 Å². The normalized spacial score (nSPS) is 12.8. The number of hydrogen-bond acceptors (Lipinski definition) is 6. The first-order chi connectivity index (χ1) is 10.1. The molecule has 6 nitrogen and oxygen atoms in total. The minimum absolute atomic E-state index is 0.308. The lowest BCUT2D eigenvalue weighted by Crippen LogP contribution is -2.31. The monoisotopic (exact) mass is 291 g/mol. The summed E-state index contributed by atoms with van der Waals surface area (Å²) in [5.74, 6) is 1.04. The number of ether oxygens (including phenoxy) is 1. The summed E-state index contributed by atoms with van der Waals surface area (Å²) in [6.07, 6.45) is -0.528. The zero-order valence-corrected chi connectivity index (χ0v) is 12.6. The van der Waals surface area contributed by atoms with Gasteiger partial charge in [-0.15, -0.1) is 10.2 Å². The predicted molar refractivity (Wildman–Crippen MR) is 78.7 cm³/mol. The third kappa shape index (κ3) is 4.63. The molecule has 0 saturated carbocycles. The Morgan fingerprint density at radius 1 is 1.29 bits per heavy atom. The highest BCUT2D eigenvalue weighted by Gasteiger charge is 2.13. The molecule has 0 fully saturated rings. The summed E-state index contributed by atoms with van der Waals surface area (Å²) >= 11 is 0. The molecule has 0 aliphatic carbocycles. The van der Waals surface area contributed by atoms with Gasteiger partial charge in [-0.3, -0.25) is 4.90 Å². The molecule has 0 aliphatic rings. The first-order valence-corrected chi connectivity index (χ1v) is 6.83. The van der Waals surface area contributed by atoms with E-state index in [4.69, 9.17) is 9.15 Å². The number of methoxy groups -OCH3 is 1. The molecule has 0 amide bonds. The number of rotatable bonds is 7. The van der Waals surface area contributed by atoms with Gasteiger partial charge in [-0.2, -0.15) is 0 Å². The number of aliphatic hydroxyl groups excluding tert-OH is 1. The van der Waals surface area contributed by atoms with Crippen molar-refractivity contribution in [1.82, 2.24) is 15.1 Å². The predicted octanol–water partition coefficient (Wildman–Crippen LogP) is 1.48. The molecular formula is C15H21N3O3. The quantitative estimate of drug-likeness (QED) is 0.833. The van der Waals surface area contributed by atoms with Crippen molar-refractivity contribution >= 4 is 0 Å². The second-order valence-corrected chi connectivity index (χ2v) is 5.17. The highest BCUT2D eigenvalue weighted by atomic mass is 16.5. The zero-order chi connectivity index (χ0) is 15.2. The van der Waals surface area contributed by atoms with E-state index in [1.165, 1.54) is 5.56 Å². The van der Waals surface area contributed by atoms with Gasteiger partial charge in [0, 0.05) is 19.2 Å². The Labute approximate surface area is 124 Å². The summed E-state index contributed by atoms with van der Waals surface area (Å²) in [7, 11) is 3.45. The van der Waals surface area contributed by atoms with Gasteiger partial charge in [-0.25, -0.2) is 0 Å². The minimum Gasteiger partial charge on any atom is -0.419 e. The van der Waals surface area contributed by atoms with Gasteiger partial charge in [0.05, 0.1) is 19.3 Å². The van der Waals surface area contributed by atoms with E-state index in [9.17, 15) is 5.11 Å². The molecule has 6 heteroatoms. The van der Waals surface area contributed by atoms with E-state index in [0.717, 1.165) is 5.56 Å². The third-order valence-electron chi connectivity index (χ3n) is 3.05. The molecule has 0 bridgehead atoms. The third-order valence-corrected chi connectivity index (χ3v) is 3.05. The molecule has 1 heterocycles. The van der Waals surface area contributed by atoms with Crippen molar-refractivity contribution in [2.45, 2.75) is 19.6 Å².